The summed E-state index contributed by atoms with van der Waals surface area (Å²) in [4.78, 5) is 14.7. The topological polar surface area (TPSA) is 53.0 Å². The first-order valence-corrected chi connectivity index (χ1v) is 4.89. The van der Waals surface area contributed by atoms with Gasteiger partial charge in [0.25, 0.3) is 0 Å². The molecule has 14 heavy (non-hydrogen) atoms. The lowest BCUT2D eigenvalue weighted by Crippen LogP contribution is -2.45. The molecule has 1 aliphatic rings. The van der Waals surface area contributed by atoms with Crippen molar-refractivity contribution >= 4 is 5.97 Å². The Morgan fingerprint density at radius 1 is 1.36 bits per heavy atom. The van der Waals surface area contributed by atoms with E-state index in [1.807, 2.05) is 0 Å². The van der Waals surface area contributed by atoms with E-state index in [9.17, 15) is 4.79 Å². The highest BCUT2D eigenvalue weighted by atomic mass is 16.5. The first kappa shape index (κ1) is 11.4. The van der Waals surface area contributed by atoms with E-state index in [4.69, 9.17) is 9.84 Å². The molecule has 0 atom stereocenters. The molecule has 0 bridgehead atoms. The van der Waals surface area contributed by atoms with Crippen molar-refractivity contribution in [3.63, 3.8) is 0 Å². The fraction of sp³-hybridized carbons (Fsp3) is 0.889. The molecule has 0 aromatic heterocycles. The van der Waals surface area contributed by atoms with Gasteiger partial charge in [-0.05, 0) is 7.05 Å². The van der Waals surface area contributed by atoms with Gasteiger partial charge in [-0.25, -0.2) is 4.79 Å². The minimum absolute atomic E-state index is 0.187. The minimum Gasteiger partial charge on any atom is -0.480 e. The standard InChI is InChI=1S/C9H18N2O3/c1-10-2-4-11(5-3-10)6-7-14-8-9(12)13/h2-8H2,1H3,(H,12,13). The third-order valence-electron chi connectivity index (χ3n) is 2.37. The van der Waals surface area contributed by atoms with Gasteiger partial charge in [0, 0.05) is 32.7 Å². The molecule has 5 nitrogen and oxygen atoms in total. The quantitative estimate of drug-likeness (QED) is 0.600. The first-order chi connectivity index (χ1) is 6.68. The Kier molecular flexibility index (Phi) is 4.86. The van der Waals surface area contributed by atoms with Crippen LogP contribution >= 0.6 is 0 Å². The van der Waals surface area contributed by atoms with Crippen LogP contribution in [0.3, 0.4) is 0 Å². The molecule has 1 fully saturated rings. The second kappa shape index (κ2) is 5.95. The molecule has 0 aromatic carbocycles. The molecule has 1 N–H and O–H groups in total. The Morgan fingerprint density at radius 2 is 2.00 bits per heavy atom. The molecule has 1 saturated heterocycles. The average molecular weight is 202 g/mol. The lowest BCUT2D eigenvalue weighted by molar-refractivity contribution is -0.142. The van der Waals surface area contributed by atoms with E-state index < -0.39 is 5.97 Å². The number of nitrogens with zero attached hydrogens (tertiary/aromatic N) is 2. The Bertz CT molecular complexity index is 179. The lowest BCUT2D eigenvalue weighted by atomic mass is 10.3. The molecule has 82 valence electrons. The normalized spacial score (nSPS) is 19.8. The van der Waals surface area contributed by atoms with Crippen LogP contribution < -0.4 is 0 Å². The smallest absolute Gasteiger partial charge is 0.329 e. The van der Waals surface area contributed by atoms with Gasteiger partial charge in [0.15, 0.2) is 0 Å². The van der Waals surface area contributed by atoms with Crippen molar-refractivity contribution in [3.8, 4) is 0 Å². The molecule has 0 spiro atoms. The second-order valence-corrected chi connectivity index (χ2v) is 3.59. The number of carboxylic acid groups (broad SMARTS) is 1. The average Bonchev–Trinajstić information content (AvgIpc) is 2.15. The molecule has 0 radical (unpaired) electrons. The summed E-state index contributed by atoms with van der Waals surface area (Å²) in [5.41, 5.74) is 0. The maximum absolute atomic E-state index is 10.1. The van der Waals surface area contributed by atoms with Gasteiger partial charge in [-0.1, -0.05) is 0 Å². The predicted molar refractivity (Wildman–Crippen MR) is 52.4 cm³/mol. The molecule has 1 rings (SSSR count). The third-order valence-corrected chi connectivity index (χ3v) is 2.37. The summed E-state index contributed by atoms with van der Waals surface area (Å²) < 4.78 is 4.97. The molecule has 0 unspecified atom stereocenters. The van der Waals surface area contributed by atoms with Crippen molar-refractivity contribution in [2.75, 3.05) is 53.0 Å². The molecule has 1 aliphatic heterocycles. The zero-order chi connectivity index (χ0) is 10.4. The number of rotatable bonds is 5. The fourth-order valence-corrected chi connectivity index (χ4v) is 1.42. The van der Waals surface area contributed by atoms with Crippen molar-refractivity contribution in [2.45, 2.75) is 0 Å². The van der Waals surface area contributed by atoms with Gasteiger partial charge in [0.2, 0.25) is 0 Å². The number of hydrogen-bond donors (Lipinski definition) is 1. The van der Waals surface area contributed by atoms with Crippen LogP contribution in [0.2, 0.25) is 0 Å². The molecule has 0 aliphatic carbocycles. The summed E-state index contributed by atoms with van der Waals surface area (Å²) in [6.07, 6.45) is 0. The Labute approximate surface area is 84.2 Å². The fourth-order valence-electron chi connectivity index (χ4n) is 1.42. The predicted octanol–water partition coefficient (Wildman–Crippen LogP) is -0.665. The lowest BCUT2D eigenvalue weighted by Gasteiger charge is -2.32. The number of likely N-dealkylation sites (N-methyl/N-ethyl adjacent to an activating group) is 1. The molecular formula is C9H18N2O3. The Balaban J connectivity index is 1.99. The second-order valence-electron chi connectivity index (χ2n) is 3.59. The first-order valence-electron chi connectivity index (χ1n) is 4.89. The third kappa shape index (κ3) is 4.55. The minimum atomic E-state index is -0.900. The number of hydrogen-bond acceptors (Lipinski definition) is 4. The number of aliphatic carboxylic acids is 1. The van der Waals surface area contributed by atoms with E-state index in [0.29, 0.717) is 6.61 Å². The van der Waals surface area contributed by atoms with E-state index in [0.717, 1.165) is 32.7 Å². The van der Waals surface area contributed by atoms with Crippen LogP contribution in [-0.2, 0) is 9.53 Å². The van der Waals surface area contributed by atoms with Crippen LogP contribution in [0.5, 0.6) is 0 Å². The summed E-state index contributed by atoms with van der Waals surface area (Å²) in [5.74, 6) is -0.900. The van der Waals surface area contributed by atoms with Crippen LogP contribution in [0.15, 0.2) is 0 Å². The zero-order valence-corrected chi connectivity index (χ0v) is 8.61. The number of carboxylic acids is 1. The molecular weight excluding hydrogens is 184 g/mol. The largest absolute Gasteiger partial charge is 0.480 e. The molecule has 0 saturated carbocycles. The highest BCUT2D eigenvalue weighted by Crippen LogP contribution is 1.97. The highest BCUT2D eigenvalue weighted by Gasteiger charge is 2.12. The van der Waals surface area contributed by atoms with E-state index in [1.165, 1.54) is 0 Å². The SMILES string of the molecule is CN1CCN(CCOCC(=O)O)CC1. The maximum Gasteiger partial charge on any atom is 0.329 e. The van der Waals surface area contributed by atoms with Crippen LogP contribution in [0.4, 0.5) is 0 Å². The van der Waals surface area contributed by atoms with Crippen molar-refractivity contribution in [1.29, 1.82) is 0 Å². The number of carbonyl (C=O) groups is 1. The van der Waals surface area contributed by atoms with Crippen LogP contribution in [-0.4, -0.2) is 73.9 Å². The summed E-state index contributed by atoms with van der Waals surface area (Å²) in [6.45, 7) is 5.42. The van der Waals surface area contributed by atoms with E-state index in [1.54, 1.807) is 0 Å². The summed E-state index contributed by atoms with van der Waals surface area (Å²) >= 11 is 0. The molecule has 1 heterocycles. The Hall–Kier alpha value is -0.650. The number of piperazine rings is 1. The zero-order valence-electron chi connectivity index (χ0n) is 8.61. The van der Waals surface area contributed by atoms with Crippen molar-refractivity contribution in [2.24, 2.45) is 0 Å². The van der Waals surface area contributed by atoms with Gasteiger partial charge in [0.1, 0.15) is 6.61 Å². The molecule has 0 amide bonds. The van der Waals surface area contributed by atoms with Gasteiger partial charge in [-0.2, -0.15) is 0 Å². The van der Waals surface area contributed by atoms with Gasteiger partial charge >= 0.3 is 5.97 Å². The van der Waals surface area contributed by atoms with E-state index in [-0.39, 0.29) is 6.61 Å². The van der Waals surface area contributed by atoms with Gasteiger partial charge < -0.3 is 14.7 Å². The van der Waals surface area contributed by atoms with Crippen LogP contribution in [0, 0.1) is 0 Å². The molecule has 5 heteroatoms. The summed E-state index contributed by atoms with van der Waals surface area (Å²) in [6, 6.07) is 0. The monoisotopic (exact) mass is 202 g/mol. The van der Waals surface area contributed by atoms with Crippen molar-refractivity contribution < 1.29 is 14.6 Å². The van der Waals surface area contributed by atoms with E-state index in [2.05, 4.69) is 16.8 Å². The van der Waals surface area contributed by atoms with Gasteiger partial charge in [-0.3, -0.25) is 4.90 Å². The van der Waals surface area contributed by atoms with E-state index >= 15 is 0 Å². The van der Waals surface area contributed by atoms with Crippen molar-refractivity contribution in [1.82, 2.24) is 9.80 Å². The summed E-state index contributed by atoms with van der Waals surface area (Å²) in [5, 5.41) is 8.34. The van der Waals surface area contributed by atoms with Crippen molar-refractivity contribution in [3.05, 3.63) is 0 Å². The van der Waals surface area contributed by atoms with Crippen LogP contribution in [0.25, 0.3) is 0 Å². The molecule has 0 aromatic rings. The van der Waals surface area contributed by atoms with Crippen LogP contribution in [0.1, 0.15) is 0 Å². The van der Waals surface area contributed by atoms with Gasteiger partial charge in [-0.15, -0.1) is 0 Å². The van der Waals surface area contributed by atoms with Gasteiger partial charge in [0.05, 0.1) is 6.61 Å². The maximum atomic E-state index is 10.1. The Morgan fingerprint density at radius 3 is 2.57 bits per heavy atom. The number of ether oxygens (including phenoxy) is 1. The highest BCUT2D eigenvalue weighted by molar-refractivity contribution is 5.67. The summed E-state index contributed by atoms with van der Waals surface area (Å²) in [7, 11) is 2.11.